The molecule has 2 aromatic rings. The summed E-state index contributed by atoms with van der Waals surface area (Å²) in [6.07, 6.45) is 4.00. The van der Waals surface area contributed by atoms with Gasteiger partial charge < -0.3 is 10.1 Å². The van der Waals surface area contributed by atoms with Gasteiger partial charge in [-0.2, -0.15) is 13.4 Å². The van der Waals surface area contributed by atoms with Crippen molar-refractivity contribution >= 4 is 39.5 Å². The number of rotatable bonds is 7. The maximum atomic E-state index is 11.5. The molecule has 0 aromatic carbocycles. The lowest BCUT2D eigenvalue weighted by Gasteiger charge is -2.17. The van der Waals surface area contributed by atoms with E-state index in [1.54, 1.807) is 6.92 Å². The summed E-state index contributed by atoms with van der Waals surface area (Å²) in [5.74, 6) is -0.423. The van der Waals surface area contributed by atoms with E-state index in [1.807, 2.05) is 0 Å². The Bertz CT molecular complexity index is 910. The predicted octanol–water partition coefficient (Wildman–Crippen LogP) is 1.09. The summed E-state index contributed by atoms with van der Waals surface area (Å²) in [6.45, 7) is 1.58. The Hall–Kier alpha value is -2.57. The van der Waals surface area contributed by atoms with Gasteiger partial charge in [0.05, 0.1) is 12.7 Å². The van der Waals surface area contributed by atoms with E-state index >= 15 is 0 Å². The summed E-state index contributed by atoms with van der Waals surface area (Å²) in [4.78, 5) is 27.1. The largest absolute Gasteiger partial charge is 0.421 e. The molecule has 140 valence electrons. The van der Waals surface area contributed by atoms with Crippen molar-refractivity contribution in [1.82, 2.24) is 19.9 Å². The topological polar surface area (TPSA) is 147 Å². The van der Waals surface area contributed by atoms with Gasteiger partial charge in [0.15, 0.2) is 17.4 Å². The normalized spacial score (nSPS) is 11.1. The van der Waals surface area contributed by atoms with Crippen LogP contribution in [0.15, 0.2) is 18.6 Å². The fraction of sp³-hybridized carbons (Fsp3) is 0.308. The second-order valence-corrected chi connectivity index (χ2v) is 6.59. The molecule has 0 saturated heterocycles. The Kier molecular flexibility index (Phi) is 6.23. The van der Waals surface area contributed by atoms with Gasteiger partial charge in [-0.3, -0.25) is 14.3 Å². The number of hydrogen-bond acceptors (Lipinski definition) is 9. The van der Waals surface area contributed by atoms with Crippen LogP contribution in [-0.2, 0) is 21.6 Å². The molecular formula is C13H15ClN6O5S. The molecule has 2 heterocycles. The number of carbonyl (C=O) groups excluding carboxylic acids is 1. The molecule has 0 amide bonds. The van der Waals surface area contributed by atoms with Crippen LogP contribution in [0.4, 0.5) is 11.6 Å². The third-order valence-electron chi connectivity index (χ3n) is 3.06. The van der Waals surface area contributed by atoms with Crippen LogP contribution < -0.4 is 14.4 Å². The maximum Gasteiger partial charge on any atom is 0.360 e. The van der Waals surface area contributed by atoms with E-state index < -0.39 is 16.3 Å². The second kappa shape index (κ2) is 8.21. The Morgan fingerprint density at radius 1 is 1.35 bits per heavy atom. The molecule has 0 aliphatic rings. The minimum atomic E-state index is -4.51. The molecule has 2 rings (SSSR count). The highest BCUT2D eigenvalue weighted by Crippen LogP contribution is 2.24. The number of esters is 1. The minimum Gasteiger partial charge on any atom is -0.421 e. The van der Waals surface area contributed by atoms with Crippen molar-refractivity contribution in [2.24, 2.45) is 0 Å². The summed E-state index contributed by atoms with van der Waals surface area (Å²) >= 11 is 5.76. The highest BCUT2D eigenvalue weighted by molar-refractivity contribution is 7.87. The number of halogens is 1. The Labute approximate surface area is 154 Å². The van der Waals surface area contributed by atoms with Crippen LogP contribution >= 0.6 is 11.6 Å². The van der Waals surface area contributed by atoms with Crippen LogP contribution in [0.3, 0.4) is 0 Å². The van der Waals surface area contributed by atoms with Crippen molar-refractivity contribution < 1.29 is 22.5 Å². The molecule has 0 bridgehead atoms. The summed E-state index contributed by atoms with van der Waals surface area (Å²) in [7, 11) is -3.38. The molecule has 11 nitrogen and oxygen atoms in total. The van der Waals surface area contributed by atoms with E-state index in [-0.39, 0.29) is 41.3 Å². The van der Waals surface area contributed by atoms with Crippen LogP contribution in [0.1, 0.15) is 19.0 Å². The summed E-state index contributed by atoms with van der Waals surface area (Å²) < 4.78 is 37.5. The second-order valence-electron chi connectivity index (χ2n) is 4.81. The SMILES string of the molecule is CCC(=O)Oc1cnc(Cl)nc1NCc1nccnc1N(C)S(=O)(=O)O. The van der Waals surface area contributed by atoms with Gasteiger partial charge in [0, 0.05) is 25.9 Å². The average molecular weight is 403 g/mol. The van der Waals surface area contributed by atoms with E-state index in [1.165, 1.54) is 18.6 Å². The quantitative estimate of drug-likeness (QED) is 0.391. The van der Waals surface area contributed by atoms with E-state index in [4.69, 9.17) is 16.3 Å². The molecule has 0 aliphatic heterocycles. The lowest BCUT2D eigenvalue weighted by atomic mass is 10.4. The monoisotopic (exact) mass is 402 g/mol. The number of anilines is 2. The number of nitrogens with zero attached hydrogens (tertiary/aromatic N) is 5. The van der Waals surface area contributed by atoms with Gasteiger partial charge in [0.25, 0.3) is 0 Å². The lowest BCUT2D eigenvalue weighted by Crippen LogP contribution is -2.28. The van der Waals surface area contributed by atoms with Gasteiger partial charge in [-0.15, -0.1) is 0 Å². The number of carbonyl (C=O) groups is 1. The van der Waals surface area contributed by atoms with Crippen molar-refractivity contribution in [2.75, 3.05) is 16.7 Å². The summed E-state index contributed by atoms with van der Waals surface area (Å²) in [5, 5.41) is 2.74. The molecule has 0 radical (unpaired) electrons. The first-order chi connectivity index (χ1) is 12.2. The van der Waals surface area contributed by atoms with Gasteiger partial charge in [0.2, 0.25) is 5.28 Å². The molecule has 13 heteroatoms. The third kappa shape index (κ3) is 4.97. The van der Waals surface area contributed by atoms with E-state index in [0.29, 0.717) is 4.31 Å². The number of hydrogen-bond donors (Lipinski definition) is 2. The molecule has 0 fully saturated rings. The van der Waals surface area contributed by atoms with Gasteiger partial charge in [-0.1, -0.05) is 6.92 Å². The zero-order valence-electron chi connectivity index (χ0n) is 13.7. The fourth-order valence-electron chi connectivity index (χ4n) is 1.77. The minimum absolute atomic E-state index is 0.0486. The summed E-state index contributed by atoms with van der Waals surface area (Å²) in [5.41, 5.74) is 0.190. The molecule has 0 atom stereocenters. The van der Waals surface area contributed by atoms with Crippen LogP contribution in [0.2, 0.25) is 5.28 Å². The standard InChI is InChI=1S/C13H15ClN6O5S/c1-3-10(21)25-9-7-18-13(14)19-11(9)17-6-8-12(16-5-4-15-8)20(2)26(22,23)24/h4-5,7H,3,6H2,1-2H3,(H,17,18,19)(H,22,23,24). The first-order valence-electron chi connectivity index (χ1n) is 7.20. The van der Waals surface area contributed by atoms with Gasteiger partial charge in [0.1, 0.15) is 5.69 Å². The first-order valence-corrected chi connectivity index (χ1v) is 8.98. The van der Waals surface area contributed by atoms with Crippen molar-refractivity contribution in [3.05, 3.63) is 29.6 Å². The van der Waals surface area contributed by atoms with Crippen LogP contribution in [0, 0.1) is 0 Å². The molecule has 26 heavy (non-hydrogen) atoms. The average Bonchev–Trinajstić information content (AvgIpc) is 2.60. The Morgan fingerprint density at radius 3 is 2.69 bits per heavy atom. The summed E-state index contributed by atoms with van der Waals surface area (Å²) in [6, 6.07) is 0. The smallest absolute Gasteiger partial charge is 0.360 e. The van der Waals surface area contributed by atoms with E-state index in [9.17, 15) is 17.8 Å². The van der Waals surface area contributed by atoms with Gasteiger partial charge in [-0.25, -0.2) is 14.3 Å². The lowest BCUT2D eigenvalue weighted by molar-refractivity contribution is -0.134. The van der Waals surface area contributed by atoms with Crippen LogP contribution in [0.25, 0.3) is 0 Å². The van der Waals surface area contributed by atoms with Crippen molar-refractivity contribution in [1.29, 1.82) is 0 Å². The van der Waals surface area contributed by atoms with Gasteiger partial charge >= 0.3 is 16.3 Å². The molecule has 0 saturated carbocycles. The zero-order valence-corrected chi connectivity index (χ0v) is 15.3. The molecule has 2 aromatic heterocycles. The highest BCUT2D eigenvalue weighted by Gasteiger charge is 2.20. The number of nitrogens with one attached hydrogen (secondary N) is 1. The maximum absolute atomic E-state index is 11.5. The molecule has 2 N–H and O–H groups in total. The van der Waals surface area contributed by atoms with Crippen molar-refractivity contribution in [3.63, 3.8) is 0 Å². The molecule has 0 aliphatic carbocycles. The van der Waals surface area contributed by atoms with Crippen LogP contribution in [0.5, 0.6) is 5.75 Å². The molecule has 0 spiro atoms. The van der Waals surface area contributed by atoms with Crippen molar-refractivity contribution in [2.45, 2.75) is 19.9 Å². The fourth-order valence-corrected chi connectivity index (χ4v) is 2.27. The molecule has 0 unspecified atom stereocenters. The zero-order chi connectivity index (χ0) is 19.3. The van der Waals surface area contributed by atoms with E-state index in [2.05, 4.69) is 25.3 Å². The highest BCUT2D eigenvalue weighted by atomic mass is 35.5. The number of ether oxygens (including phenoxy) is 1. The number of aromatic nitrogens is 4. The van der Waals surface area contributed by atoms with Gasteiger partial charge in [-0.05, 0) is 11.6 Å². The third-order valence-corrected chi connectivity index (χ3v) is 4.11. The predicted molar refractivity (Wildman–Crippen MR) is 92.3 cm³/mol. The Balaban J connectivity index is 2.27. The molecular weight excluding hydrogens is 388 g/mol. The Morgan fingerprint density at radius 2 is 2.04 bits per heavy atom. The van der Waals surface area contributed by atoms with Crippen molar-refractivity contribution in [3.8, 4) is 5.75 Å². The van der Waals surface area contributed by atoms with E-state index in [0.717, 1.165) is 7.05 Å². The van der Waals surface area contributed by atoms with Crippen LogP contribution in [-0.4, -0.2) is 45.9 Å². The first kappa shape index (κ1) is 19.8.